The zero-order valence-electron chi connectivity index (χ0n) is 42.5. The van der Waals surface area contributed by atoms with Gasteiger partial charge in [0.2, 0.25) is 23.6 Å². The number of thiazole rings is 1. The molecule has 4 N–H and O–H groups in total. The second-order valence-corrected chi connectivity index (χ2v) is 21.7. The fourth-order valence-electron chi connectivity index (χ4n) is 9.65. The minimum atomic E-state index is -1.63. The number of β-amino-alcohol motifs (C(OH)–C–C–N with tert-alkyl or cyclic N) is 1. The molecule has 18 heteroatoms. The van der Waals surface area contributed by atoms with Gasteiger partial charge >= 0.3 is 0 Å². The number of unbranched alkanes of at least 4 members (excludes halogenated alkanes) is 1. The molecule has 2 aliphatic rings. The standard InChI is InChI=1S/C54H68F3N7O7S/c1-32-23-39-38-13-9-10-14-42(38)60-47(39)48(64(32)30-54(6,7)57)46-40(55)25-37(26-41(46)56)71-22-20-62(8)45(67)15-11-12-21-70-29-44(66)61-50(53(3,4)5)52(69)63-28-36(65)24-43(63)51(68)58-27-34-16-18-35(19-17-34)49-33(2)59-31-72-49/h9-10,13-14,16-19,25-26,31-32,36,43,48,50,60,65H,11-12,15,20-24,27-30H2,1-8H3,(H,58,68)(H,61,66)/t32-,36-,43+,48-,50-/m1/s1. The Balaban J connectivity index is 0.837. The van der Waals surface area contributed by atoms with Crippen LogP contribution in [0.3, 0.4) is 0 Å². The molecule has 2 aliphatic heterocycles. The Morgan fingerprint density at radius 2 is 1.72 bits per heavy atom. The van der Waals surface area contributed by atoms with Gasteiger partial charge in [-0.15, -0.1) is 11.3 Å². The highest BCUT2D eigenvalue weighted by atomic mass is 32.1. The van der Waals surface area contributed by atoms with E-state index in [1.807, 2.05) is 67.3 Å². The Labute approximate surface area is 423 Å². The summed E-state index contributed by atoms with van der Waals surface area (Å²) in [5, 5.41) is 17.2. The number of hydrogen-bond donors (Lipinski definition) is 4. The van der Waals surface area contributed by atoms with E-state index >= 15 is 13.2 Å². The number of aliphatic hydroxyl groups excluding tert-OH is 1. The van der Waals surface area contributed by atoms with Crippen LogP contribution >= 0.6 is 11.3 Å². The van der Waals surface area contributed by atoms with Gasteiger partial charge in [0.15, 0.2) is 0 Å². The molecule has 14 nitrogen and oxygen atoms in total. The molecule has 0 bridgehead atoms. The SMILES string of the molecule is Cc1ncsc1-c1ccc(CNC(=O)[C@@H]2C[C@@H](O)CN2C(=O)[C@@H](NC(=O)COCCCCC(=O)N(C)CCOc2cc(F)c([C@@H]3c4[nH]c5ccccc5c4C[C@@H](C)N3CC(C)(C)F)c(F)c2)C(C)(C)C)cc1. The summed E-state index contributed by atoms with van der Waals surface area (Å²) in [6, 6.07) is 14.7. The number of aromatic amines is 1. The molecule has 72 heavy (non-hydrogen) atoms. The topological polar surface area (TPSA) is 169 Å². The van der Waals surface area contributed by atoms with Gasteiger partial charge in [0.25, 0.3) is 0 Å². The van der Waals surface area contributed by atoms with Gasteiger partial charge in [-0.1, -0.05) is 63.2 Å². The smallest absolute Gasteiger partial charge is 0.246 e. The number of likely N-dealkylation sites (N-methyl/N-ethyl adjacent to an activating group) is 1. The first-order valence-electron chi connectivity index (χ1n) is 24.6. The predicted molar refractivity (Wildman–Crippen MR) is 271 cm³/mol. The molecule has 388 valence electrons. The van der Waals surface area contributed by atoms with Crippen LogP contribution in [0.1, 0.15) is 101 Å². The maximum atomic E-state index is 16.1. The number of nitrogens with zero attached hydrogens (tertiary/aromatic N) is 4. The number of benzene rings is 3. The summed E-state index contributed by atoms with van der Waals surface area (Å²) < 4.78 is 58.8. The quantitative estimate of drug-likeness (QED) is 0.0569. The first-order valence-corrected chi connectivity index (χ1v) is 25.5. The average molecular weight is 1020 g/mol. The number of ether oxygens (including phenoxy) is 2. The fourth-order valence-corrected chi connectivity index (χ4v) is 10.5. The predicted octanol–water partition coefficient (Wildman–Crippen LogP) is 7.80. The van der Waals surface area contributed by atoms with Crippen molar-refractivity contribution in [1.82, 2.24) is 35.3 Å². The first kappa shape index (κ1) is 54.0. The molecule has 5 aromatic rings. The number of hydrogen-bond acceptors (Lipinski definition) is 10. The van der Waals surface area contributed by atoms with Crippen LogP contribution < -0.4 is 15.4 Å². The molecule has 3 aromatic carbocycles. The van der Waals surface area contributed by atoms with Gasteiger partial charge in [0, 0.05) is 86.5 Å². The lowest BCUT2D eigenvalue weighted by atomic mass is 9.85. The molecule has 0 aliphatic carbocycles. The molecule has 1 fully saturated rings. The zero-order valence-corrected chi connectivity index (χ0v) is 43.3. The molecule has 2 aromatic heterocycles. The summed E-state index contributed by atoms with van der Waals surface area (Å²) in [4.78, 5) is 66.9. The average Bonchev–Trinajstić information content (AvgIpc) is 4.04. The Morgan fingerprint density at radius 3 is 2.39 bits per heavy atom. The van der Waals surface area contributed by atoms with E-state index in [1.54, 1.807) is 44.7 Å². The van der Waals surface area contributed by atoms with E-state index in [0.29, 0.717) is 25.0 Å². The normalized spacial score (nSPS) is 18.8. The summed E-state index contributed by atoms with van der Waals surface area (Å²) in [7, 11) is 1.61. The van der Waals surface area contributed by atoms with E-state index < -0.39 is 64.7 Å². The molecular weight excluding hydrogens is 948 g/mol. The summed E-state index contributed by atoms with van der Waals surface area (Å²) in [5.74, 6) is -3.27. The Kier molecular flexibility index (Phi) is 17.2. The van der Waals surface area contributed by atoms with E-state index in [9.17, 15) is 24.3 Å². The Hall–Kier alpha value is -5.82. The minimum absolute atomic E-state index is 0.0260. The molecular formula is C54H68F3N7O7S. The van der Waals surface area contributed by atoms with Gasteiger partial charge in [-0.25, -0.2) is 18.2 Å². The number of likely N-dealkylation sites (tertiary alicyclic amines) is 1. The second-order valence-electron chi connectivity index (χ2n) is 20.8. The molecule has 4 heterocycles. The number of aromatic nitrogens is 2. The van der Waals surface area contributed by atoms with Crippen LogP contribution in [0.2, 0.25) is 0 Å². The van der Waals surface area contributed by atoms with Crippen molar-refractivity contribution >= 4 is 45.9 Å². The lowest BCUT2D eigenvalue weighted by Gasteiger charge is -2.43. The van der Waals surface area contributed by atoms with E-state index in [4.69, 9.17) is 9.47 Å². The molecule has 4 amide bonds. The lowest BCUT2D eigenvalue weighted by Crippen LogP contribution is -2.58. The van der Waals surface area contributed by atoms with Crippen LogP contribution in [0.25, 0.3) is 21.3 Å². The van der Waals surface area contributed by atoms with E-state index in [-0.39, 0.29) is 82.1 Å². The van der Waals surface area contributed by atoms with E-state index in [1.165, 1.54) is 23.6 Å². The molecule has 0 unspecified atom stereocenters. The summed E-state index contributed by atoms with van der Waals surface area (Å²) in [6.07, 6.45) is 0.853. The summed E-state index contributed by atoms with van der Waals surface area (Å²) in [6.45, 7) is 12.3. The van der Waals surface area contributed by atoms with E-state index in [2.05, 4.69) is 20.6 Å². The Morgan fingerprint density at radius 1 is 1.01 bits per heavy atom. The minimum Gasteiger partial charge on any atom is -0.492 e. The molecule has 1 saturated heterocycles. The van der Waals surface area contributed by atoms with Crippen LogP contribution in [0.4, 0.5) is 13.2 Å². The van der Waals surface area contributed by atoms with Crippen molar-refractivity contribution in [3.05, 3.63) is 106 Å². The maximum absolute atomic E-state index is 16.1. The number of carbonyl (C=O) groups excluding carboxylic acids is 4. The highest BCUT2D eigenvalue weighted by molar-refractivity contribution is 7.13. The third kappa shape index (κ3) is 13.0. The number of amides is 4. The number of H-pyrrole nitrogens is 1. The van der Waals surface area contributed by atoms with Gasteiger partial charge in [-0.2, -0.15) is 0 Å². The first-order chi connectivity index (χ1) is 34.1. The van der Waals surface area contributed by atoms with Gasteiger partial charge in [-0.05, 0) is 75.1 Å². The van der Waals surface area contributed by atoms with Gasteiger partial charge < -0.3 is 40.0 Å². The van der Waals surface area contributed by atoms with Crippen molar-refractivity contribution in [2.45, 2.75) is 123 Å². The number of rotatable bonds is 20. The molecule has 7 rings (SSSR count). The lowest BCUT2D eigenvalue weighted by molar-refractivity contribution is -0.144. The number of para-hydroxylation sites is 1. The van der Waals surface area contributed by atoms with Crippen molar-refractivity contribution < 1.29 is 46.9 Å². The van der Waals surface area contributed by atoms with Crippen LogP contribution in [-0.4, -0.2) is 130 Å². The molecule has 0 saturated carbocycles. The summed E-state index contributed by atoms with van der Waals surface area (Å²) in [5.41, 5.74) is 4.51. The number of fused-ring (bicyclic) bond motifs is 3. The Bertz CT molecular complexity index is 2690. The van der Waals surface area contributed by atoms with Crippen LogP contribution in [0, 0.1) is 24.0 Å². The fraction of sp³-hybridized carbons (Fsp3) is 0.500. The van der Waals surface area contributed by atoms with Crippen molar-refractivity contribution in [2.75, 3.05) is 46.5 Å². The van der Waals surface area contributed by atoms with Gasteiger partial charge in [-0.3, -0.25) is 24.1 Å². The van der Waals surface area contributed by atoms with Crippen LogP contribution in [0.5, 0.6) is 5.75 Å². The zero-order chi connectivity index (χ0) is 52.1. The van der Waals surface area contributed by atoms with Crippen molar-refractivity contribution in [3.8, 4) is 16.2 Å². The number of aryl methyl sites for hydroxylation is 1. The third-order valence-electron chi connectivity index (χ3n) is 13.4. The summed E-state index contributed by atoms with van der Waals surface area (Å²) >= 11 is 1.56. The van der Waals surface area contributed by atoms with E-state index in [0.717, 1.165) is 50.3 Å². The van der Waals surface area contributed by atoms with Crippen LogP contribution in [-0.2, 0) is 36.9 Å². The molecule has 0 radical (unpaired) electrons. The van der Waals surface area contributed by atoms with Crippen molar-refractivity contribution in [2.24, 2.45) is 5.41 Å². The van der Waals surface area contributed by atoms with Gasteiger partial charge in [0.05, 0.1) is 34.8 Å². The maximum Gasteiger partial charge on any atom is 0.246 e. The highest BCUT2D eigenvalue weighted by Crippen LogP contribution is 2.44. The van der Waals surface area contributed by atoms with Crippen LogP contribution in [0.15, 0.2) is 66.2 Å². The largest absolute Gasteiger partial charge is 0.492 e. The number of nitrogens with one attached hydrogen (secondary N) is 3. The third-order valence-corrected chi connectivity index (χ3v) is 14.4. The number of aliphatic hydroxyl groups is 1. The molecule has 0 spiro atoms. The number of halogens is 3. The highest BCUT2D eigenvalue weighted by Gasteiger charge is 2.45. The monoisotopic (exact) mass is 1020 g/mol. The number of alkyl halides is 1. The number of carbonyl (C=O) groups is 4. The molecule has 5 atom stereocenters. The van der Waals surface area contributed by atoms with Gasteiger partial charge in [0.1, 0.15) is 48.4 Å². The second kappa shape index (κ2) is 22.9. The van der Waals surface area contributed by atoms with Crippen molar-refractivity contribution in [1.29, 1.82) is 0 Å². The van der Waals surface area contributed by atoms with Crippen molar-refractivity contribution in [3.63, 3.8) is 0 Å².